The number of carbonyl (C=O) groups excluding carboxylic acids is 1. The van der Waals surface area contributed by atoms with Gasteiger partial charge in [0.2, 0.25) is 0 Å². The summed E-state index contributed by atoms with van der Waals surface area (Å²) in [5.41, 5.74) is -0.290. The maximum absolute atomic E-state index is 13.5. The van der Waals surface area contributed by atoms with Crippen LogP contribution < -0.4 is 9.84 Å². The van der Waals surface area contributed by atoms with Crippen LogP contribution in [0.3, 0.4) is 0 Å². The first kappa shape index (κ1) is 19.6. The van der Waals surface area contributed by atoms with Gasteiger partial charge in [-0.05, 0) is 23.6 Å². The number of halogens is 1. The molecule has 0 saturated carbocycles. The van der Waals surface area contributed by atoms with Gasteiger partial charge in [-0.3, -0.25) is 4.79 Å². The molecule has 11 heteroatoms. The van der Waals surface area contributed by atoms with E-state index in [1.807, 2.05) is 0 Å². The topological polar surface area (TPSA) is 121 Å². The molecular formula is C15H13FN3O5PS. The number of rotatable bonds is 7. The maximum atomic E-state index is 13.5. The molecule has 2 aromatic rings. The molecule has 136 valence electrons. The Hall–Kier alpha value is -2.73. The van der Waals surface area contributed by atoms with Crippen molar-refractivity contribution in [1.29, 1.82) is 5.26 Å². The van der Waals surface area contributed by atoms with Gasteiger partial charge in [-0.15, -0.1) is 11.3 Å². The second kappa shape index (κ2) is 8.58. The van der Waals surface area contributed by atoms with Crippen molar-refractivity contribution in [3.8, 4) is 11.8 Å². The number of nitriles is 1. The lowest BCUT2D eigenvalue weighted by atomic mass is 10.2. The molecular weight excluding hydrogens is 384 g/mol. The van der Waals surface area contributed by atoms with Crippen molar-refractivity contribution < 1.29 is 28.0 Å². The molecule has 1 atom stereocenters. The number of amides is 1. The molecule has 1 unspecified atom stereocenters. The smallest absolute Gasteiger partial charge is 0.395 e. The average molecular weight is 397 g/mol. The molecule has 0 radical (unpaired) electrons. The van der Waals surface area contributed by atoms with Gasteiger partial charge in [0.05, 0.1) is 10.4 Å². The summed E-state index contributed by atoms with van der Waals surface area (Å²) in [6.45, 7) is 0. The number of nitrogens with zero attached hydrogens (tertiary/aromatic N) is 2. The molecule has 0 fully saturated rings. The zero-order chi connectivity index (χ0) is 19.2. The SMILES string of the molecule is CO/N=C(/C(=O)NCP(=O)(O)Oc1ccc(C#N)c(F)c1)c1cccs1. The van der Waals surface area contributed by atoms with E-state index in [1.165, 1.54) is 24.5 Å². The van der Waals surface area contributed by atoms with Crippen molar-refractivity contribution >= 4 is 30.6 Å². The number of thiophene rings is 1. The van der Waals surface area contributed by atoms with E-state index >= 15 is 0 Å². The highest BCUT2D eigenvalue weighted by molar-refractivity contribution is 7.53. The molecule has 0 saturated heterocycles. The Morgan fingerprint density at radius 1 is 1.50 bits per heavy atom. The third kappa shape index (κ3) is 5.13. The van der Waals surface area contributed by atoms with Gasteiger partial charge in [-0.25, -0.2) is 8.96 Å². The Balaban J connectivity index is 2.04. The lowest BCUT2D eigenvalue weighted by Crippen LogP contribution is -2.32. The van der Waals surface area contributed by atoms with Gasteiger partial charge in [0.25, 0.3) is 5.91 Å². The van der Waals surface area contributed by atoms with Gasteiger partial charge in [0.15, 0.2) is 5.71 Å². The molecule has 0 aliphatic carbocycles. The molecule has 0 spiro atoms. The fourth-order valence-corrected chi connectivity index (χ4v) is 3.35. The van der Waals surface area contributed by atoms with Crippen LogP contribution in [0.1, 0.15) is 10.4 Å². The van der Waals surface area contributed by atoms with Crippen LogP contribution in [0.25, 0.3) is 0 Å². The largest absolute Gasteiger partial charge is 0.423 e. The predicted molar refractivity (Wildman–Crippen MR) is 92.4 cm³/mol. The van der Waals surface area contributed by atoms with Crippen molar-refractivity contribution in [1.82, 2.24) is 5.32 Å². The van der Waals surface area contributed by atoms with E-state index in [0.29, 0.717) is 4.88 Å². The Morgan fingerprint density at radius 2 is 2.27 bits per heavy atom. The second-order valence-electron chi connectivity index (χ2n) is 4.75. The van der Waals surface area contributed by atoms with Crippen LogP contribution in [-0.2, 0) is 14.2 Å². The van der Waals surface area contributed by atoms with Crippen LogP contribution in [0.5, 0.6) is 5.75 Å². The lowest BCUT2D eigenvalue weighted by molar-refractivity contribution is -0.114. The van der Waals surface area contributed by atoms with E-state index in [4.69, 9.17) is 9.79 Å². The summed E-state index contributed by atoms with van der Waals surface area (Å²) >= 11 is 1.24. The minimum Gasteiger partial charge on any atom is -0.423 e. The first-order chi connectivity index (χ1) is 12.4. The third-order valence-corrected chi connectivity index (χ3v) is 4.83. The third-order valence-electron chi connectivity index (χ3n) is 2.90. The summed E-state index contributed by atoms with van der Waals surface area (Å²) in [6, 6.07) is 8.06. The lowest BCUT2D eigenvalue weighted by Gasteiger charge is -2.14. The van der Waals surface area contributed by atoms with Crippen LogP contribution in [0.2, 0.25) is 0 Å². The molecule has 0 bridgehead atoms. The molecule has 1 aromatic heterocycles. The number of carbonyl (C=O) groups is 1. The van der Waals surface area contributed by atoms with Crippen LogP contribution in [0, 0.1) is 17.1 Å². The summed E-state index contributed by atoms with van der Waals surface area (Å²) in [6.07, 6.45) is -0.735. The quantitative estimate of drug-likeness (QED) is 0.421. The van der Waals surface area contributed by atoms with E-state index in [2.05, 4.69) is 15.3 Å². The van der Waals surface area contributed by atoms with Crippen LogP contribution in [0.4, 0.5) is 4.39 Å². The molecule has 1 amide bonds. The normalized spacial score (nSPS) is 13.4. The van der Waals surface area contributed by atoms with Gasteiger partial charge in [0, 0.05) is 6.07 Å². The number of oxime groups is 1. The van der Waals surface area contributed by atoms with Crippen molar-refractivity contribution in [3.05, 3.63) is 52.0 Å². The van der Waals surface area contributed by atoms with Crippen LogP contribution in [-0.4, -0.2) is 29.9 Å². The minimum absolute atomic E-state index is 0.0630. The summed E-state index contributed by atoms with van der Waals surface area (Å²) in [5.74, 6) is -1.87. The van der Waals surface area contributed by atoms with E-state index in [0.717, 1.165) is 12.1 Å². The Bertz CT molecular complexity index is 911. The number of benzene rings is 1. The molecule has 2 rings (SSSR count). The standard InChI is InChI=1S/C15H13FN3O5PS/c1-23-19-14(13-3-2-6-26-13)15(20)18-9-25(21,22)24-11-5-4-10(8-17)12(16)7-11/h2-7H,9H2,1H3,(H,18,20)(H,21,22)/b19-14+. The van der Waals surface area contributed by atoms with Gasteiger partial charge < -0.3 is 19.6 Å². The molecule has 0 aliphatic rings. The fraction of sp³-hybridized carbons (Fsp3) is 0.133. The average Bonchev–Trinajstić information content (AvgIpc) is 3.12. The number of nitrogens with one attached hydrogen (secondary N) is 1. The van der Waals surface area contributed by atoms with Crippen molar-refractivity contribution in [3.63, 3.8) is 0 Å². The van der Waals surface area contributed by atoms with Gasteiger partial charge in [-0.2, -0.15) is 5.26 Å². The van der Waals surface area contributed by atoms with E-state index in [1.54, 1.807) is 23.6 Å². The summed E-state index contributed by atoms with van der Waals surface area (Å²) in [5, 5.41) is 16.2. The number of hydrogen-bond acceptors (Lipinski definition) is 7. The zero-order valence-corrected chi connectivity index (χ0v) is 15.1. The molecule has 1 heterocycles. The predicted octanol–water partition coefficient (Wildman–Crippen LogP) is 2.45. The highest BCUT2D eigenvalue weighted by Crippen LogP contribution is 2.41. The number of hydrogen-bond donors (Lipinski definition) is 2. The van der Waals surface area contributed by atoms with E-state index in [-0.39, 0.29) is 17.0 Å². The van der Waals surface area contributed by atoms with E-state index in [9.17, 15) is 18.6 Å². The zero-order valence-electron chi connectivity index (χ0n) is 13.4. The second-order valence-corrected chi connectivity index (χ2v) is 7.47. The summed E-state index contributed by atoms with van der Waals surface area (Å²) in [4.78, 5) is 27.1. The maximum Gasteiger partial charge on any atom is 0.395 e. The molecule has 0 aliphatic heterocycles. The van der Waals surface area contributed by atoms with Crippen LogP contribution in [0.15, 0.2) is 40.9 Å². The van der Waals surface area contributed by atoms with Gasteiger partial charge in [-0.1, -0.05) is 11.2 Å². The molecule has 8 nitrogen and oxygen atoms in total. The Kier molecular flexibility index (Phi) is 6.46. The molecule has 1 aromatic carbocycles. The fourth-order valence-electron chi connectivity index (χ4n) is 1.80. The monoisotopic (exact) mass is 397 g/mol. The molecule has 2 N–H and O–H groups in total. The van der Waals surface area contributed by atoms with Crippen LogP contribution >= 0.6 is 18.9 Å². The minimum atomic E-state index is -4.32. The van der Waals surface area contributed by atoms with Crippen molar-refractivity contribution in [2.24, 2.45) is 5.16 Å². The first-order valence-corrected chi connectivity index (χ1v) is 9.65. The first-order valence-electron chi connectivity index (χ1n) is 7.00. The molecule has 26 heavy (non-hydrogen) atoms. The summed E-state index contributed by atoms with van der Waals surface area (Å²) < 4.78 is 30.4. The Morgan fingerprint density at radius 3 is 2.85 bits per heavy atom. The van der Waals surface area contributed by atoms with Crippen molar-refractivity contribution in [2.75, 3.05) is 13.4 Å². The Labute approximate surface area is 152 Å². The highest BCUT2D eigenvalue weighted by Gasteiger charge is 2.25. The van der Waals surface area contributed by atoms with Gasteiger partial charge >= 0.3 is 7.60 Å². The van der Waals surface area contributed by atoms with E-state index < -0.39 is 25.6 Å². The highest BCUT2D eigenvalue weighted by atomic mass is 32.1. The van der Waals surface area contributed by atoms with Gasteiger partial charge in [0.1, 0.15) is 31.0 Å². The van der Waals surface area contributed by atoms with Crippen molar-refractivity contribution in [2.45, 2.75) is 0 Å². The summed E-state index contributed by atoms with van der Waals surface area (Å²) in [7, 11) is -3.06.